The van der Waals surface area contributed by atoms with Gasteiger partial charge in [0.1, 0.15) is 16.5 Å². The summed E-state index contributed by atoms with van der Waals surface area (Å²) in [6, 6.07) is 0. The Kier molecular flexibility index (Phi) is 3.13. The third-order valence-electron chi connectivity index (χ3n) is 4.93. The lowest BCUT2D eigenvalue weighted by atomic mass is 10.0. The summed E-state index contributed by atoms with van der Waals surface area (Å²) in [5, 5.41) is 4.52. The summed E-state index contributed by atoms with van der Waals surface area (Å²) in [7, 11) is 0. The molecule has 0 bridgehead atoms. The SMILES string of the molecule is Cc1sc2nc(CN3CC4CNCC4C3)nc(N)c2c1C. The first-order valence-corrected chi connectivity index (χ1v) is 8.38. The molecular formula is C15H21N5S. The third kappa shape index (κ3) is 2.22. The lowest BCUT2D eigenvalue weighted by Crippen LogP contribution is -2.26. The highest BCUT2D eigenvalue weighted by Crippen LogP contribution is 2.32. The monoisotopic (exact) mass is 303 g/mol. The second-order valence-corrected chi connectivity index (χ2v) is 7.56. The van der Waals surface area contributed by atoms with E-state index in [0.29, 0.717) is 5.82 Å². The van der Waals surface area contributed by atoms with Gasteiger partial charge in [-0.2, -0.15) is 0 Å². The molecule has 2 unspecified atom stereocenters. The van der Waals surface area contributed by atoms with Gasteiger partial charge in [0.05, 0.1) is 11.9 Å². The minimum absolute atomic E-state index is 0.637. The number of fused-ring (bicyclic) bond motifs is 2. The molecule has 2 aliphatic heterocycles. The molecule has 2 aliphatic rings. The number of nitrogen functional groups attached to an aromatic ring is 1. The normalized spacial score (nSPS) is 25.8. The van der Waals surface area contributed by atoms with Crippen LogP contribution in [0.3, 0.4) is 0 Å². The molecule has 2 aromatic rings. The Bertz CT molecular complexity index is 683. The standard InChI is InChI=1S/C15H21N5S/c1-8-9(2)21-15-13(8)14(16)18-12(19-15)7-20-5-10-3-17-4-11(10)6-20/h10-11,17H,3-7H2,1-2H3,(H2,16,18,19). The molecule has 3 N–H and O–H groups in total. The van der Waals surface area contributed by atoms with E-state index in [2.05, 4.69) is 29.0 Å². The summed E-state index contributed by atoms with van der Waals surface area (Å²) in [6.45, 7) is 9.67. The van der Waals surface area contributed by atoms with E-state index in [4.69, 9.17) is 10.7 Å². The summed E-state index contributed by atoms with van der Waals surface area (Å²) in [4.78, 5) is 14.1. The first kappa shape index (κ1) is 13.4. The predicted molar refractivity (Wildman–Crippen MR) is 86.4 cm³/mol. The number of aryl methyl sites for hydroxylation is 2. The largest absolute Gasteiger partial charge is 0.383 e. The second kappa shape index (κ2) is 4.90. The molecule has 21 heavy (non-hydrogen) atoms. The molecule has 5 nitrogen and oxygen atoms in total. The molecule has 2 atom stereocenters. The maximum atomic E-state index is 6.16. The molecule has 2 aromatic heterocycles. The van der Waals surface area contributed by atoms with E-state index >= 15 is 0 Å². The second-order valence-electron chi connectivity index (χ2n) is 6.36. The lowest BCUT2D eigenvalue weighted by molar-refractivity contribution is 0.298. The van der Waals surface area contributed by atoms with E-state index in [9.17, 15) is 0 Å². The highest BCUT2D eigenvalue weighted by atomic mass is 32.1. The van der Waals surface area contributed by atoms with E-state index in [-0.39, 0.29) is 0 Å². The van der Waals surface area contributed by atoms with Gasteiger partial charge in [0.25, 0.3) is 0 Å². The first-order valence-electron chi connectivity index (χ1n) is 7.57. The van der Waals surface area contributed by atoms with Crippen molar-refractivity contribution in [1.82, 2.24) is 20.2 Å². The van der Waals surface area contributed by atoms with Crippen molar-refractivity contribution in [3.8, 4) is 0 Å². The molecule has 0 spiro atoms. The zero-order chi connectivity index (χ0) is 14.6. The van der Waals surface area contributed by atoms with Crippen LogP contribution in [0.4, 0.5) is 5.82 Å². The maximum Gasteiger partial charge on any atom is 0.146 e. The molecule has 6 heteroatoms. The number of nitrogens with one attached hydrogen (secondary N) is 1. The molecule has 2 fully saturated rings. The molecule has 2 saturated heterocycles. The van der Waals surface area contributed by atoms with Crippen LogP contribution in [0.2, 0.25) is 0 Å². The Morgan fingerprint density at radius 3 is 2.67 bits per heavy atom. The Morgan fingerprint density at radius 2 is 1.95 bits per heavy atom. The van der Waals surface area contributed by atoms with Crippen molar-refractivity contribution in [2.45, 2.75) is 20.4 Å². The number of hydrogen-bond acceptors (Lipinski definition) is 6. The average molecular weight is 303 g/mol. The Morgan fingerprint density at radius 1 is 1.24 bits per heavy atom. The number of nitrogens with two attached hydrogens (primary N) is 1. The number of thiophene rings is 1. The smallest absolute Gasteiger partial charge is 0.146 e. The van der Waals surface area contributed by atoms with Crippen molar-refractivity contribution in [3.05, 3.63) is 16.3 Å². The molecular weight excluding hydrogens is 282 g/mol. The van der Waals surface area contributed by atoms with Crippen molar-refractivity contribution >= 4 is 27.4 Å². The molecule has 0 radical (unpaired) electrons. The van der Waals surface area contributed by atoms with Crippen LogP contribution in [0, 0.1) is 25.7 Å². The predicted octanol–water partition coefficient (Wildman–Crippen LogP) is 1.54. The van der Waals surface area contributed by atoms with E-state index in [1.807, 2.05) is 0 Å². The van der Waals surface area contributed by atoms with Crippen molar-refractivity contribution in [2.24, 2.45) is 11.8 Å². The maximum absolute atomic E-state index is 6.16. The van der Waals surface area contributed by atoms with Crippen LogP contribution in [0.25, 0.3) is 10.2 Å². The molecule has 4 rings (SSSR count). The molecule has 4 heterocycles. The highest BCUT2D eigenvalue weighted by Gasteiger charge is 2.36. The van der Waals surface area contributed by atoms with Gasteiger partial charge in [0.2, 0.25) is 0 Å². The topological polar surface area (TPSA) is 67.1 Å². The van der Waals surface area contributed by atoms with Crippen molar-refractivity contribution in [3.63, 3.8) is 0 Å². The van der Waals surface area contributed by atoms with Gasteiger partial charge in [-0.25, -0.2) is 9.97 Å². The minimum Gasteiger partial charge on any atom is -0.383 e. The Hall–Kier alpha value is -1.24. The lowest BCUT2D eigenvalue weighted by Gasteiger charge is -2.16. The Labute approximate surface area is 128 Å². The number of anilines is 1. The molecule has 112 valence electrons. The fourth-order valence-corrected chi connectivity index (χ4v) is 4.73. The number of rotatable bonds is 2. The number of nitrogens with zero attached hydrogens (tertiary/aromatic N) is 3. The molecule has 0 saturated carbocycles. The van der Waals surface area contributed by atoms with Crippen molar-refractivity contribution in [2.75, 3.05) is 31.9 Å². The van der Waals surface area contributed by atoms with Crippen molar-refractivity contribution < 1.29 is 0 Å². The zero-order valence-electron chi connectivity index (χ0n) is 12.5. The summed E-state index contributed by atoms with van der Waals surface area (Å²) < 4.78 is 0. The summed E-state index contributed by atoms with van der Waals surface area (Å²) in [5.41, 5.74) is 7.39. The van der Waals surface area contributed by atoms with Gasteiger partial charge in [-0.15, -0.1) is 11.3 Å². The minimum atomic E-state index is 0.637. The van der Waals surface area contributed by atoms with Crippen LogP contribution in [0.1, 0.15) is 16.3 Å². The fourth-order valence-electron chi connectivity index (χ4n) is 3.68. The van der Waals surface area contributed by atoms with Crippen LogP contribution in [-0.4, -0.2) is 41.0 Å². The summed E-state index contributed by atoms with van der Waals surface area (Å²) in [6.07, 6.45) is 0. The average Bonchev–Trinajstić information content (AvgIpc) is 3.04. The number of likely N-dealkylation sites (tertiary alicyclic amines) is 1. The molecule has 0 aliphatic carbocycles. The zero-order valence-corrected chi connectivity index (χ0v) is 13.3. The quantitative estimate of drug-likeness (QED) is 0.881. The van der Waals surface area contributed by atoms with Gasteiger partial charge in [0, 0.05) is 18.0 Å². The Balaban J connectivity index is 1.60. The van der Waals surface area contributed by atoms with Crippen LogP contribution in [-0.2, 0) is 6.54 Å². The fraction of sp³-hybridized carbons (Fsp3) is 0.600. The molecule has 0 aromatic carbocycles. The van der Waals surface area contributed by atoms with E-state index in [1.54, 1.807) is 11.3 Å². The van der Waals surface area contributed by atoms with Crippen LogP contribution < -0.4 is 11.1 Å². The first-order chi connectivity index (χ1) is 10.1. The van der Waals surface area contributed by atoms with Crippen LogP contribution in [0.15, 0.2) is 0 Å². The third-order valence-corrected chi connectivity index (χ3v) is 6.03. The van der Waals surface area contributed by atoms with Gasteiger partial charge in [-0.05, 0) is 44.3 Å². The van der Waals surface area contributed by atoms with E-state index < -0.39 is 0 Å². The van der Waals surface area contributed by atoms with Gasteiger partial charge in [-0.1, -0.05) is 0 Å². The van der Waals surface area contributed by atoms with Gasteiger partial charge in [-0.3, -0.25) is 4.90 Å². The van der Waals surface area contributed by atoms with E-state index in [0.717, 1.165) is 60.6 Å². The number of hydrogen-bond donors (Lipinski definition) is 2. The van der Waals surface area contributed by atoms with E-state index in [1.165, 1.54) is 10.4 Å². The van der Waals surface area contributed by atoms with Gasteiger partial charge >= 0.3 is 0 Å². The van der Waals surface area contributed by atoms with Crippen LogP contribution in [0.5, 0.6) is 0 Å². The summed E-state index contributed by atoms with van der Waals surface area (Å²) >= 11 is 1.72. The summed E-state index contributed by atoms with van der Waals surface area (Å²) in [5.74, 6) is 3.11. The van der Waals surface area contributed by atoms with Crippen molar-refractivity contribution in [1.29, 1.82) is 0 Å². The highest BCUT2D eigenvalue weighted by molar-refractivity contribution is 7.18. The van der Waals surface area contributed by atoms with Gasteiger partial charge in [0.15, 0.2) is 0 Å². The van der Waals surface area contributed by atoms with Gasteiger partial charge < -0.3 is 11.1 Å². The molecule has 0 amide bonds. The van der Waals surface area contributed by atoms with Crippen LogP contribution >= 0.6 is 11.3 Å². The number of aromatic nitrogens is 2.